The van der Waals surface area contributed by atoms with Crippen molar-refractivity contribution in [2.75, 3.05) is 11.5 Å². The van der Waals surface area contributed by atoms with E-state index in [1.165, 1.54) is 56.5 Å². The van der Waals surface area contributed by atoms with Crippen molar-refractivity contribution in [2.45, 2.75) is 72.6 Å². The molecule has 0 heterocycles. The number of rotatable bonds is 10. The molecule has 1 atom stereocenters. The predicted octanol–water partition coefficient (Wildman–Crippen LogP) is 5.52. The Morgan fingerprint density at radius 2 is 1.67 bits per heavy atom. The molecule has 0 rings (SSSR count). The molecule has 15 heavy (non-hydrogen) atoms. The molecule has 0 saturated heterocycles. The molecule has 0 aliphatic carbocycles. The van der Waals surface area contributed by atoms with Crippen LogP contribution in [-0.2, 0) is 0 Å². The molecule has 0 aliphatic rings. The van der Waals surface area contributed by atoms with Gasteiger partial charge in [-0.05, 0) is 36.2 Å². The van der Waals surface area contributed by atoms with E-state index < -0.39 is 0 Å². The summed E-state index contributed by atoms with van der Waals surface area (Å²) in [4.78, 5) is 0. The average Bonchev–Trinajstić information content (AvgIpc) is 2.24. The highest BCUT2D eigenvalue weighted by Crippen LogP contribution is 2.33. The van der Waals surface area contributed by atoms with E-state index in [1.54, 1.807) is 0 Å². The van der Waals surface area contributed by atoms with Gasteiger partial charge in [0.2, 0.25) is 0 Å². The minimum Gasteiger partial charge on any atom is -0.162 e. The van der Waals surface area contributed by atoms with Crippen molar-refractivity contribution in [2.24, 2.45) is 5.41 Å². The maximum atomic E-state index is 2.47. The summed E-state index contributed by atoms with van der Waals surface area (Å²) in [6.45, 7) is 9.38. The Morgan fingerprint density at radius 1 is 0.933 bits per heavy atom. The second kappa shape index (κ2) is 9.57. The van der Waals surface area contributed by atoms with Crippen LogP contribution < -0.4 is 0 Å². The molecule has 0 bridgehead atoms. The first kappa shape index (κ1) is 15.3. The molecule has 0 saturated carbocycles. The number of thioether (sulfide) groups is 1. The molecule has 1 heteroatoms. The average molecular weight is 230 g/mol. The predicted molar refractivity (Wildman–Crippen MR) is 74.8 cm³/mol. The van der Waals surface area contributed by atoms with Crippen LogP contribution in [0, 0.1) is 5.41 Å². The van der Waals surface area contributed by atoms with Crippen LogP contribution in [0.25, 0.3) is 0 Å². The van der Waals surface area contributed by atoms with E-state index in [0.29, 0.717) is 5.41 Å². The van der Waals surface area contributed by atoms with Crippen molar-refractivity contribution in [3.63, 3.8) is 0 Å². The molecule has 1 unspecified atom stereocenters. The number of hydrogen-bond donors (Lipinski definition) is 0. The smallest absolute Gasteiger partial charge is 0.00676 e. The fourth-order valence-electron chi connectivity index (χ4n) is 2.16. The van der Waals surface area contributed by atoms with Crippen molar-refractivity contribution in [3.8, 4) is 0 Å². The van der Waals surface area contributed by atoms with E-state index in [4.69, 9.17) is 0 Å². The van der Waals surface area contributed by atoms with Gasteiger partial charge in [-0.3, -0.25) is 0 Å². The van der Waals surface area contributed by atoms with Crippen LogP contribution in [0.1, 0.15) is 72.6 Å². The lowest BCUT2D eigenvalue weighted by Gasteiger charge is -2.27. The van der Waals surface area contributed by atoms with E-state index in [1.807, 2.05) is 0 Å². The molecule has 0 fully saturated rings. The van der Waals surface area contributed by atoms with Gasteiger partial charge in [-0.15, -0.1) is 0 Å². The molecule has 0 aromatic rings. The Balaban J connectivity index is 3.46. The van der Waals surface area contributed by atoms with Gasteiger partial charge in [0.15, 0.2) is 0 Å². The quantitative estimate of drug-likeness (QED) is 0.445. The van der Waals surface area contributed by atoms with Crippen LogP contribution in [0.5, 0.6) is 0 Å². The molecule has 0 aliphatic heterocycles. The Bertz CT molecular complexity index is 133. The van der Waals surface area contributed by atoms with E-state index in [9.17, 15) is 0 Å². The molecule has 0 aromatic heterocycles. The zero-order valence-electron chi connectivity index (χ0n) is 11.3. The van der Waals surface area contributed by atoms with Crippen molar-refractivity contribution in [1.29, 1.82) is 0 Å². The first-order valence-corrected chi connectivity index (χ1v) is 7.91. The lowest BCUT2D eigenvalue weighted by atomic mass is 9.78. The van der Waals surface area contributed by atoms with Crippen molar-refractivity contribution in [3.05, 3.63) is 0 Å². The highest BCUT2D eigenvalue weighted by molar-refractivity contribution is 7.99. The van der Waals surface area contributed by atoms with Gasteiger partial charge in [0.05, 0.1) is 0 Å². The molecule has 0 aromatic carbocycles. The number of hydrogen-bond acceptors (Lipinski definition) is 1. The largest absolute Gasteiger partial charge is 0.162 e. The minimum atomic E-state index is 0.632. The van der Waals surface area contributed by atoms with Crippen molar-refractivity contribution < 1.29 is 0 Å². The maximum Gasteiger partial charge on any atom is -0.00676 e. The van der Waals surface area contributed by atoms with Crippen LogP contribution in [0.3, 0.4) is 0 Å². The normalized spacial score (nSPS) is 15.2. The summed E-state index contributed by atoms with van der Waals surface area (Å²) in [7, 11) is 0. The van der Waals surface area contributed by atoms with Crippen LogP contribution in [0.2, 0.25) is 0 Å². The fourth-order valence-corrected chi connectivity index (χ4v) is 2.86. The van der Waals surface area contributed by atoms with Gasteiger partial charge in [0.1, 0.15) is 0 Å². The van der Waals surface area contributed by atoms with E-state index in [0.717, 1.165) is 0 Å². The first-order valence-electron chi connectivity index (χ1n) is 6.76. The van der Waals surface area contributed by atoms with E-state index in [-0.39, 0.29) is 0 Å². The molecule has 0 spiro atoms. The zero-order chi connectivity index (χ0) is 11.6. The summed E-state index contributed by atoms with van der Waals surface area (Å²) < 4.78 is 0. The fraction of sp³-hybridized carbons (Fsp3) is 1.00. The molecule has 92 valence electrons. The minimum absolute atomic E-state index is 0.632. The molecular formula is C14H30S. The number of unbranched alkanes of at least 4 members (excludes halogenated alkanes) is 2. The third-order valence-electron chi connectivity index (χ3n) is 3.48. The third-order valence-corrected chi connectivity index (χ3v) is 4.47. The van der Waals surface area contributed by atoms with Gasteiger partial charge in [-0.1, -0.05) is 53.4 Å². The Labute approximate surface area is 102 Å². The second-order valence-electron chi connectivity index (χ2n) is 4.92. The van der Waals surface area contributed by atoms with Gasteiger partial charge in [-0.2, -0.15) is 11.8 Å². The van der Waals surface area contributed by atoms with Crippen LogP contribution in [0.15, 0.2) is 0 Å². The van der Waals surface area contributed by atoms with Gasteiger partial charge >= 0.3 is 0 Å². The Morgan fingerprint density at radius 3 is 2.20 bits per heavy atom. The maximum absolute atomic E-state index is 2.47. The molecule has 0 N–H and O–H groups in total. The summed E-state index contributed by atoms with van der Waals surface area (Å²) in [6, 6.07) is 0. The van der Waals surface area contributed by atoms with Gasteiger partial charge in [0, 0.05) is 0 Å². The summed E-state index contributed by atoms with van der Waals surface area (Å²) in [6.07, 6.45) is 9.84. The van der Waals surface area contributed by atoms with E-state index >= 15 is 0 Å². The summed E-state index contributed by atoms with van der Waals surface area (Å²) >= 11 is 2.08. The Hall–Kier alpha value is 0.350. The lowest BCUT2D eigenvalue weighted by molar-refractivity contribution is 0.249. The summed E-state index contributed by atoms with van der Waals surface area (Å²) in [5.74, 6) is 2.65. The summed E-state index contributed by atoms with van der Waals surface area (Å²) in [5, 5.41) is 0. The molecule has 0 nitrogen and oxygen atoms in total. The standard InChI is InChI=1S/C14H30S/c1-5-11-14(4,6-2)12-9-8-10-13-15-7-3/h5-13H2,1-4H3. The van der Waals surface area contributed by atoms with Gasteiger partial charge in [-0.25, -0.2) is 0 Å². The third kappa shape index (κ3) is 8.19. The monoisotopic (exact) mass is 230 g/mol. The van der Waals surface area contributed by atoms with Gasteiger partial charge < -0.3 is 0 Å². The Kier molecular flexibility index (Phi) is 9.79. The molecule has 0 amide bonds. The highest BCUT2D eigenvalue weighted by Gasteiger charge is 2.19. The van der Waals surface area contributed by atoms with Crippen LogP contribution in [-0.4, -0.2) is 11.5 Å². The molecule has 0 radical (unpaired) electrons. The van der Waals surface area contributed by atoms with Gasteiger partial charge in [0.25, 0.3) is 0 Å². The molecular weight excluding hydrogens is 200 g/mol. The lowest BCUT2D eigenvalue weighted by Crippen LogP contribution is -2.14. The first-order chi connectivity index (χ1) is 7.18. The van der Waals surface area contributed by atoms with Crippen molar-refractivity contribution in [1.82, 2.24) is 0 Å². The van der Waals surface area contributed by atoms with Crippen molar-refractivity contribution >= 4 is 11.8 Å². The topological polar surface area (TPSA) is 0 Å². The van der Waals surface area contributed by atoms with Crippen LogP contribution in [0.4, 0.5) is 0 Å². The van der Waals surface area contributed by atoms with Crippen LogP contribution >= 0.6 is 11.8 Å². The SMILES string of the molecule is CCCC(C)(CC)CCCCCSCC. The van der Waals surface area contributed by atoms with E-state index in [2.05, 4.69) is 39.5 Å². The highest BCUT2D eigenvalue weighted by atomic mass is 32.2. The second-order valence-corrected chi connectivity index (χ2v) is 6.32. The summed E-state index contributed by atoms with van der Waals surface area (Å²) in [5.41, 5.74) is 0.632. The zero-order valence-corrected chi connectivity index (χ0v) is 12.1.